The number of anilines is 1. The number of nitrogens with one attached hydrogen (secondary N) is 1. The Morgan fingerprint density at radius 2 is 2.29 bits per heavy atom. The monoisotopic (exact) mass is 208 g/mol. The van der Waals surface area contributed by atoms with Gasteiger partial charge in [0.25, 0.3) is 0 Å². The fourth-order valence-electron chi connectivity index (χ4n) is 1.17. The van der Waals surface area contributed by atoms with Crippen LogP contribution in [0.5, 0.6) is 0 Å². The standard InChI is InChI=1S/C9H12N4S/c1-5-4-7(8(10)14)13-9(11-5)12-6-2-3-6/h4,6H,2-3H2,1H3,(H2,10,14)(H,11,12,13). The predicted molar refractivity (Wildman–Crippen MR) is 59.3 cm³/mol. The maximum absolute atomic E-state index is 5.51. The normalized spacial score (nSPS) is 15.2. The van der Waals surface area contributed by atoms with Crippen molar-refractivity contribution in [3.63, 3.8) is 0 Å². The lowest BCUT2D eigenvalue weighted by Crippen LogP contribution is -2.15. The number of aryl methyl sites for hydroxylation is 1. The van der Waals surface area contributed by atoms with Crippen molar-refractivity contribution >= 4 is 23.2 Å². The summed E-state index contributed by atoms with van der Waals surface area (Å²) < 4.78 is 0. The van der Waals surface area contributed by atoms with E-state index in [1.165, 1.54) is 12.8 Å². The predicted octanol–water partition coefficient (Wildman–Crippen LogP) is 0.994. The van der Waals surface area contributed by atoms with Gasteiger partial charge < -0.3 is 11.1 Å². The van der Waals surface area contributed by atoms with Gasteiger partial charge in [-0.1, -0.05) is 12.2 Å². The van der Waals surface area contributed by atoms with Crippen molar-refractivity contribution in [3.8, 4) is 0 Å². The zero-order valence-corrected chi connectivity index (χ0v) is 8.77. The number of hydrogen-bond acceptors (Lipinski definition) is 4. The molecule has 5 heteroatoms. The van der Waals surface area contributed by atoms with Gasteiger partial charge >= 0.3 is 0 Å². The van der Waals surface area contributed by atoms with Gasteiger partial charge in [0.05, 0.1) is 0 Å². The average molecular weight is 208 g/mol. The summed E-state index contributed by atoms with van der Waals surface area (Å²) in [7, 11) is 0. The molecule has 4 nitrogen and oxygen atoms in total. The molecule has 1 aromatic rings. The second kappa shape index (κ2) is 3.49. The fraction of sp³-hybridized carbons (Fsp3) is 0.444. The van der Waals surface area contributed by atoms with Gasteiger partial charge in [-0.3, -0.25) is 0 Å². The smallest absolute Gasteiger partial charge is 0.223 e. The molecular weight excluding hydrogens is 196 g/mol. The first-order valence-electron chi connectivity index (χ1n) is 4.57. The van der Waals surface area contributed by atoms with Crippen molar-refractivity contribution in [2.75, 3.05) is 5.32 Å². The number of thiocarbonyl (C=S) groups is 1. The largest absolute Gasteiger partial charge is 0.388 e. The molecule has 0 saturated heterocycles. The van der Waals surface area contributed by atoms with Crippen LogP contribution in [0, 0.1) is 6.92 Å². The van der Waals surface area contributed by atoms with E-state index in [0.717, 1.165) is 5.69 Å². The van der Waals surface area contributed by atoms with Crippen LogP contribution in [0.1, 0.15) is 24.2 Å². The highest BCUT2D eigenvalue weighted by atomic mass is 32.1. The highest BCUT2D eigenvalue weighted by Gasteiger charge is 2.22. The van der Waals surface area contributed by atoms with E-state index >= 15 is 0 Å². The summed E-state index contributed by atoms with van der Waals surface area (Å²) >= 11 is 4.87. The minimum absolute atomic E-state index is 0.314. The van der Waals surface area contributed by atoms with Crippen molar-refractivity contribution in [1.29, 1.82) is 0 Å². The molecule has 1 aliphatic carbocycles. The maximum atomic E-state index is 5.51. The van der Waals surface area contributed by atoms with E-state index in [1.807, 2.05) is 6.92 Å². The molecule has 2 rings (SSSR count). The molecule has 1 aliphatic rings. The van der Waals surface area contributed by atoms with Crippen LogP contribution in [0.15, 0.2) is 6.07 Å². The topological polar surface area (TPSA) is 63.8 Å². The lowest BCUT2D eigenvalue weighted by atomic mass is 10.3. The summed E-state index contributed by atoms with van der Waals surface area (Å²) in [5, 5.41) is 3.21. The van der Waals surface area contributed by atoms with Crippen LogP contribution in [0.4, 0.5) is 5.95 Å². The Morgan fingerprint density at radius 1 is 1.57 bits per heavy atom. The molecule has 0 aliphatic heterocycles. The maximum Gasteiger partial charge on any atom is 0.223 e. The first-order chi connectivity index (χ1) is 6.65. The van der Waals surface area contributed by atoms with Gasteiger partial charge in [-0.25, -0.2) is 9.97 Å². The van der Waals surface area contributed by atoms with Crippen LogP contribution in [-0.4, -0.2) is 21.0 Å². The van der Waals surface area contributed by atoms with Crippen LogP contribution in [-0.2, 0) is 0 Å². The zero-order valence-electron chi connectivity index (χ0n) is 7.95. The molecule has 74 valence electrons. The van der Waals surface area contributed by atoms with Crippen molar-refractivity contribution in [2.45, 2.75) is 25.8 Å². The summed E-state index contributed by atoms with van der Waals surface area (Å²) in [6, 6.07) is 2.33. The highest BCUT2D eigenvalue weighted by molar-refractivity contribution is 7.80. The van der Waals surface area contributed by atoms with E-state index in [4.69, 9.17) is 18.0 Å². The number of nitrogens with two attached hydrogens (primary N) is 1. The molecular formula is C9H12N4S. The van der Waals surface area contributed by atoms with Crippen LogP contribution in [0.2, 0.25) is 0 Å². The van der Waals surface area contributed by atoms with Crippen LogP contribution in [0.3, 0.4) is 0 Å². The van der Waals surface area contributed by atoms with Crippen LogP contribution < -0.4 is 11.1 Å². The third-order valence-corrected chi connectivity index (χ3v) is 2.23. The first-order valence-corrected chi connectivity index (χ1v) is 4.98. The van der Waals surface area contributed by atoms with E-state index in [9.17, 15) is 0 Å². The fourth-order valence-corrected chi connectivity index (χ4v) is 1.27. The Morgan fingerprint density at radius 3 is 2.86 bits per heavy atom. The third-order valence-electron chi connectivity index (χ3n) is 2.02. The van der Waals surface area contributed by atoms with E-state index < -0.39 is 0 Å². The molecule has 14 heavy (non-hydrogen) atoms. The first kappa shape index (κ1) is 9.33. The summed E-state index contributed by atoms with van der Waals surface area (Å²) in [5.74, 6) is 0.635. The van der Waals surface area contributed by atoms with E-state index in [1.54, 1.807) is 6.07 Å². The molecule has 0 unspecified atom stereocenters. The van der Waals surface area contributed by atoms with Crippen molar-refractivity contribution in [1.82, 2.24) is 9.97 Å². The number of rotatable bonds is 3. The summed E-state index contributed by atoms with van der Waals surface area (Å²) in [6.45, 7) is 1.90. The Hall–Kier alpha value is -1.23. The van der Waals surface area contributed by atoms with Gasteiger partial charge in [-0.15, -0.1) is 0 Å². The van der Waals surface area contributed by atoms with Crippen LogP contribution >= 0.6 is 12.2 Å². The van der Waals surface area contributed by atoms with E-state index in [2.05, 4.69) is 15.3 Å². The summed E-state index contributed by atoms with van der Waals surface area (Å²) in [4.78, 5) is 8.80. The van der Waals surface area contributed by atoms with E-state index in [0.29, 0.717) is 22.7 Å². The second-order valence-corrected chi connectivity index (χ2v) is 3.94. The second-order valence-electron chi connectivity index (χ2n) is 3.50. The summed E-state index contributed by atoms with van der Waals surface area (Å²) in [6.07, 6.45) is 2.39. The molecule has 1 aromatic heterocycles. The van der Waals surface area contributed by atoms with Gasteiger partial charge in [0.1, 0.15) is 10.7 Å². The lowest BCUT2D eigenvalue weighted by Gasteiger charge is -2.05. The molecule has 1 heterocycles. The highest BCUT2D eigenvalue weighted by Crippen LogP contribution is 2.22. The van der Waals surface area contributed by atoms with Crippen LogP contribution in [0.25, 0.3) is 0 Å². The summed E-state index contributed by atoms with van der Waals surface area (Å²) in [5.41, 5.74) is 7.03. The van der Waals surface area contributed by atoms with Gasteiger partial charge in [0.15, 0.2) is 0 Å². The van der Waals surface area contributed by atoms with Gasteiger partial charge in [0.2, 0.25) is 5.95 Å². The molecule has 3 N–H and O–H groups in total. The Kier molecular flexibility index (Phi) is 2.33. The molecule has 0 spiro atoms. The number of aromatic nitrogens is 2. The average Bonchev–Trinajstić information content (AvgIpc) is 2.87. The lowest BCUT2D eigenvalue weighted by molar-refractivity contribution is 1.02. The Balaban J connectivity index is 2.25. The minimum Gasteiger partial charge on any atom is -0.388 e. The zero-order chi connectivity index (χ0) is 10.1. The third kappa shape index (κ3) is 2.17. The molecule has 0 bridgehead atoms. The van der Waals surface area contributed by atoms with Crippen molar-refractivity contribution in [3.05, 3.63) is 17.5 Å². The van der Waals surface area contributed by atoms with Crippen molar-refractivity contribution in [2.24, 2.45) is 5.73 Å². The van der Waals surface area contributed by atoms with Gasteiger partial charge in [-0.05, 0) is 25.8 Å². The minimum atomic E-state index is 0.314. The molecule has 1 saturated carbocycles. The quantitative estimate of drug-likeness (QED) is 0.725. The molecule has 0 radical (unpaired) electrons. The van der Waals surface area contributed by atoms with Crippen molar-refractivity contribution < 1.29 is 0 Å². The van der Waals surface area contributed by atoms with Gasteiger partial charge in [-0.2, -0.15) is 0 Å². The van der Waals surface area contributed by atoms with E-state index in [-0.39, 0.29) is 0 Å². The SMILES string of the molecule is Cc1cc(C(N)=S)nc(NC2CC2)n1. The Bertz CT molecular complexity index is 373. The molecule has 0 amide bonds. The number of hydrogen-bond donors (Lipinski definition) is 2. The molecule has 0 atom stereocenters. The van der Waals surface area contributed by atoms with Gasteiger partial charge in [0, 0.05) is 11.7 Å². The molecule has 1 fully saturated rings. The molecule has 0 aromatic carbocycles. The number of nitrogens with zero attached hydrogens (tertiary/aromatic N) is 2. The Labute approximate surface area is 87.9 Å².